The highest BCUT2D eigenvalue weighted by atomic mass is 16.5. The molecular weight excluding hydrogens is 300 g/mol. The number of benzene rings is 2. The Labute approximate surface area is 141 Å². The van der Waals surface area contributed by atoms with Crippen LogP contribution >= 0.6 is 0 Å². The third-order valence-electron chi connectivity index (χ3n) is 4.02. The van der Waals surface area contributed by atoms with Gasteiger partial charge in [0.05, 0.1) is 12.3 Å². The normalized spacial score (nSPS) is 10.8. The van der Waals surface area contributed by atoms with E-state index in [4.69, 9.17) is 4.74 Å². The van der Waals surface area contributed by atoms with Crippen LogP contribution in [0.5, 0.6) is 5.75 Å². The van der Waals surface area contributed by atoms with Crippen molar-refractivity contribution in [3.63, 3.8) is 0 Å². The van der Waals surface area contributed by atoms with Crippen LogP contribution in [-0.4, -0.2) is 17.5 Å². The Bertz CT molecular complexity index is 834. The smallest absolute Gasteiger partial charge is 0.224 e. The predicted octanol–water partition coefficient (Wildman–Crippen LogP) is 4.45. The molecule has 3 rings (SSSR count). The van der Waals surface area contributed by atoms with Gasteiger partial charge in [-0.3, -0.25) is 4.79 Å². The number of nitrogens with one attached hydrogen (secondary N) is 2. The van der Waals surface area contributed by atoms with Crippen molar-refractivity contribution in [2.45, 2.75) is 26.7 Å². The summed E-state index contributed by atoms with van der Waals surface area (Å²) in [5, 5.41) is 3.96. The second-order valence-corrected chi connectivity index (χ2v) is 5.90. The predicted molar refractivity (Wildman–Crippen MR) is 97.6 cm³/mol. The number of ether oxygens (including phenoxy) is 1. The number of amides is 1. The molecule has 1 heterocycles. The van der Waals surface area contributed by atoms with Gasteiger partial charge in [-0.25, -0.2) is 0 Å². The summed E-state index contributed by atoms with van der Waals surface area (Å²) in [6.07, 6.45) is 3.12. The molecule has 0 saturated carbocycles. The maximum Gasteiger partial charge on any atom is 0.224 e. The molecule has 24 heavy (non-hydrogen) atoms. The van der Waals surface area contributed by atoms with Crippen molar-refractivity contribution < 1.29 is 9.53 Å². The summed E-state index contributed by atoms with van der Waals surface area (Å²) >= 11 is 0. The van der Waals surface area contributed by atoms with Crippen LogP contribution in [0.4, 0.5) is 5.69 Å². The minimum Gasteiger partial charge on any atom is -0.493 e. The zero-order valence-corrected chi connectivity index (χ0v) is 14.1. The summed E-state index contributed by atoms with van der Waals surface area (Å²) in [5.74, 6) is 0.906. The molecule has 0 spiro atoms. The van der Waals surface area contributed by atoms with Crippen LogP contribution < -0.4 is 10.1 Å². The molecule has 0 saturated heterocycles. The van der Waals surface area contributed by atoms with Gasteiger partial charge in [0.25, 0.3) is 0 Å². The van der Waals surface area contributed by atoms with Crippen LogP contribution in [0.15, 0.2) is 48.7 Å². The van der Waals surface area contributed by atoms with E-state index < -0.39 is 0 Å². The number of fused-ring (bicyclic) bond motifs is 1. The number of aromatic amines is 1. The molecule has 1 amide bonds. The summed E-state index contributed by atoms with van der Waals surface area (Å²) in [5.41, 5.74) is 4.26. The third-order valence-corrected chi connectivity index (χ3v) is 4.02. The Hall–Kier alpha value is -2.75. The quantitative estimate of drug-likeness (QED) is 0.704. The summed E-state index contributed by atoms with van der Waals surface area (Å²) in [4.78, 5) is 14.8. The fraction of sp³-hybridized carbons (Fsp3) is 0.250. The Morgan fingerprint density at radius 3 is 2.71 bits per heavy atom. The summed E-state index contributed by atoms with van der Waals surface area (Å²) in [6.45, 7) is 4.53. The summed E-state index contributed by atoms with van der Waals surface area (Å²) in [7, 11) is 0. The van der Waals surface area contributed by atoms with E-state index in [1.54, 1.807) is 0 Å². The van der Waals surface area contributed by atoms with Crippen LogP contribution in [0, 0.1) is 6.92 Å². The summed E-state index contributed by atoms with van der Waals surface area (Å²) in [6, 6.07) is 14.3. The lowest BCUT2D eigenvalue weighted by Crippen LogP contribution is -2.08. The van der Waals surface area contributed by atoms with Crippen molar-refractivity contribution in [1.29, 1.82) is 0 Å². The number of aromatic nitrogens is 1. The summed E-state index contributed by atoms with van der Waals surface area (Å²) < 4.78 is 5.79. The molecular formula is C20H22N2O2. The van der Waals surface area contributed by atoms with Crippen molar-refractivity contribution in [3.8, 4) is 5.75 Å². The number of H-pyrrole nitrogens is 1. The number of carbonyl (C=O) groups excluding carboxylic acids is 1. The van der Waals surface area contributed by atoms with Crippen molar-refractivity contribution >= 4 is 22.5 Å². The molecule has 0 unspecified atom stereocenters. The van der Waals surface area contributed by atoms with Gasteiger partial charge in [0, 0.05) is 29.9 Å². The third kappa shape index (κ3) is 3.77. The highest BCUT2D eigenvalue weighted by Crippen LogP contribution is 2.25. The highest BCUT2D eigenvalue weighted by Gasteiger charge is 2.07. The first kappa shape index (κ1) is 16.1. The fourth-order valence-electron chi connectivity index (χ4n) is 2.59. The first-order chi connectivity index (χ1) is 11.7. The molecule has 124 valence electrons. The molecule has 1 aromatic heterocycles. The highest BCUT2D eigenvalue weighted by molar-refractivity contribution is 6.01. The minimum atomic E-state index is 0.0176. The van der Waals surface area contributed by atoms with Gasteiger partial charge in [-0.15, -0.1) is 0 Å². The lowest BCUT2D eigenvalue weighted by atomic mass is 10.1. The Morgan fingerprint density at radius 1 is 1.17 bits per heavy atom. The van der Waals surface area contributed by atoms with Crippen molar-refractivity contribution in [2.24, 2.45) is 0 Å². The van der Waals surface area contributed by atoms with Gasteiger partial charge >= 0.3 is 0 Å². The maximum absolute atomic E-state index is 11.6. The van der Waals surface area contributed by atoms with E-state index in [9.17, 15) is 4.79 Å². The molecule has 0 aliphatic carbocycles. The van der Waals surface area contributed by atoms with E-state index in [0.29, 0.717) is 13.0 Å². The van der Waals surface area contributed by atoms with Crippen LogP contribution in [-0.2, 0) is 11.2 Å². The first-order valence-electron chi connectivity index (χ1n) is 8.25. The van der Waals surface area contributed by atoms with E-state index in [2.05, 4.69) is 29.4 Å². The Morgan fingerprint density at radius 2 is 1.96 bits per heavy atom. The average Bonchev–Trinajstić information content (AvgIpc) is 2.99. The van der Waals surface area contributed by atoms with Crippen molar-refractivity contribution in [3.05, 3.63) is 59.8 Å². The van der Waals surface area contributed by atoms with Gasteiger partial charge in [-0.05, 0) is 36.8 Å². The second kappa shape index (κ2) is 7.21. The number of anilines is 1. The van der Waals surface area contributed by atoms with Crippen molar-refractivity contribution in [2.75, 3.05) is 11.9 Å². The van der Waals surface area contributed by atoms with E-state index in [1.807, 2.05) is 43.5 Å². The molecule has 2 aromatic carbocycles. The minimum absolute atomic E-state index is 0.0176. The van der Waals surface area contributed by atoms with E-state index >= 15 is 0 Å². The monoisotopic (exact) mass is 322 g/mol. The van der Waals surface area contributed by atoms with Crippen LogP contribution in [0.25, 0.3) is 10.9 Å². The Kier molecular flexibility index (Phi) is 4.85. The molecule has 0 bridgehead atoms. The molecule has 4 nitrogen and oxygen atoms in total. The topological polar surface area (TPSA) is 54.1 Å². The first-order valence-corrected chi connectivity index (χ1v) is 8.25. The van der Waals surface area contributed by atoms with Crippen molar-refractivity contribution in [1.82, 2.24) is 4.98 Å². The number of aryl methyl sites for hydroxylation is 1. The van der Waals surface area contributed by atoms with Crippen LogP contribution in [0.3, 0.4) is 0 Å². The molecule has 3 aromatic rings. The molecule has 0 aliphatic heterocycles. The molecule has 0 atom stereocenters. The van der Waals surface area contributed by atoms with Gasteiger partial charge in [0.2, 0.25) is 5.91 Å². The van der Waals surface area contributed by atoms with Gasteiger partial charge in [-0.2, -0.15) is 0 Å². The molecule has 0 radical (unpaired) electrons. The lowest BCUT2D eigenvalue weighted by Gasteiger charge is -2.07. The molecule has 0 fully saturated rings. The van der Waals surface area contributed by atoms with Gasteiger partial charge < -0.3 is 15.0 Å². The maximum atomic E-state index is 11.6. The average molecular weight is 322 g/mol. The fourth-order valence-corrected chi connectivity index (χ4v) is 2.59. The standard InChI is InChI=1S/C20H22N2O2/c1-3-20(23)22-19-13-21-18-9-6-15(12-17(18)19)10-11-24-16-7-4-14(2)5-8-16/h4-9,12-13,21H,3,10-11H2,1-2H3,(H,22,23). The second-order valence-electron chi connectivity index (χ2n) is 5.90. The van der Waals surface area contributed by atoms with E-state index in [-0.39, 0.29) is 5.91 Å². The number of hydrogen-bond acceptors (Lipinski definition) is 2. The zero-order chi connectivity index (χ0) is 16.9. The van der Waals surface area contributed by atoms with Crippen LogP contribution in [0.1, 0.15) is 24.5 Å². The largest absolute Gasteiger partial charge is 0.493 e. The van der Waals surface area contributed by atoms with Gasteiger partial charge in [-0.1, -0.05) is 30.7 Å². The number of rotatable bonds is 6. The molecule has 0 aliphatic rings. The zero-order valence-electron chi connectivity index (χ0n) is 14.1. The van der Waals surface area contributed by atoms with Gasteiger partial charge in [0.15, 0.2) is 0 Å². The van der Waals surface area contributed by atoms with Crippen LogP contribution in [0.2, 0.25) is 0 Å². The lowest BCUT2D eigenvalue weighted by molar-refractivity contribution is -0.115. The Balaban J connectivity index is 1.67. The van der Waals surface area contributed by atoms with E-state index in [1.165, 1.54) is 11.1 Å². The SMILES string of the molecule is CCC(=O)Nc1c[nH]c2ccc(CCOc3ccc(C)cc3)cc12. The van der Waals surface area contributed by atoms with Gasteiger partial charge in [0.1, 0.15) is 5.75 Å². The number of hydrogen-bond donors (Lipinski definition) is 2. The number of carbonyl (C=O) groups is 1. The molecule has 4 heteroatoms. The molecule has 2 N–H and O–H groups in total. The van der Waals surface area contributed by atoms with E-state index in [0.717, 1.165) is 28.8 Å².